The molecule has 0 amide bonds. The molecular formula is C13H19ClN2O2S. The van der Waals surface area contributed by atoms with Gasteiger partial charge in [-0.1, -0.05) is 25.4 Å². The normalized spacial score (nSPS) is 16.3. The standard InChI is InChI=1S/C13H19ClN2O2S/c1-9(2)8-16(11-4-5-11)19(17,18)13-6-3-10(15)7-12(13)14/h3,6-7,9,11H,4-5,8,15H2,1-2H3. The van der Waals surface area contributed by atoms with Gasteiger partial charge in [0.15, 0.2) is 0 Å². The summed E-state index contributed by atoms with van der Waals surface area (Å²) in [7, 11) is -3.53. The van der Waals surface area contributed by atoms with Crippen molar-refractivity contribution in [2.24, 2.45) is 5.92 Å². The molecule has 1 aliphatic rings. The van der Waals surface area contributed by atoms with E-state index in [2.05, 4.69) is 0 Å². The highest BCUT2D eigenvalue weighted by atomic mass is 35.5. The number of halogens is 1. The predicted molar refractivity (Wildman–Crippen MR) is 77.6 cm³/mol. The van der Waals surface area contributed by atoms with Crippen molar-refractivity contribution in [1.82, 2.24) is 4.31 Å². The van der Waals surface area contributed by atoms with E-state index in [1.165, 1.54) is 12.1 Å². The summed E-state index contributed by atoms with van der Waals surface area (Å²) < 4.78 is 26.9. The highest BCUT2D eigenvalue weighted by molar-refractivity contribution is 7.89. The van der Waals surface area contributed by atoms with Crippen LogP contribution in [0.15, 0.2) is 23.1 Å². The van der Waals surface area contributed by atoms with Crippen LogP contribution < -0.4 is 5.73 Å². The Hall–Kier alpha value is -0.780. The highest BCUT2D eigenvalue weighted by Crippen LogP contribution is 2.35. The molecule has 19 heavy (non-hydrogen) atoms. The monoisotopic (exact) mass is 302 g/mol. The molecule has 2 N–H and O–H groups in total. The number of hydrogen-bond donors (Lipinski definition) is 1. The Morgan fingerprint density at radius 1 is 1.42 bits per heavy atom. The molecule has 1 aliphatic carbocycles. The van der Waals surface area contributed by atoms with E-state index in [0.717, 1.165) is 12.8 Å². The minimum absolute atomic E-state index is 0.126. The SMILES string of the molecule is CC(C)CN(C1CC1)S(=O)(=O)c1ccc(N)cc1Cl. The summed E-state index contributed by atoms with van der Waals surface area (Å²) >= 11 is 6.03. The Morgan fingerprint density at radius 3 is 2.53 bits per heavy atom. The van der Waals surface area contributed by atoms with E-state index in [4.69, 9.17) is 17.3 Å². The Kier molecular flexibility index (Phi) is 4.08. The highest BCUT2D eigenvalue weighted by Gasteiger charge is 2.39. The summed E-state index contributed by atoms with van der Waals surface area (Å²) in [5, 5.41) is 0.189. The molecule has 0 heterocycles. The van der Waals surface area contributed by atoms with Gasteiger partial charge in [0.1, 0.15) is 4.90 Å². The Bertz CT molecular complexity index is 568. The summed E-state index contributed by atoms with van der Waals surface area (Å²) in [6, 6.07) is 4.66. The third kappa shape index (κ3) is 3.22. The van der Waals surface area contributed by atoms with Gasteiger partial charge in [-0.15, -0.1) is 0 Å². The van der Waals surface area contributed by atoms with Crippen LogP contribution in [0.25, 0.3) is 0 Å². The molecule has 106 valence electrons. The van der Waals surface area contributed by atoms with Gasteiger partial charge < -0.3 is 5.73 Å². The molecule has 1 aromatic rings. The van der Waals surface area contributed by atoms with Crippen LogP contribution in [0.3, 0.4) is 0 Å². The van der Waals surface area contributed by atoms with E-state index in [0.29, 0.717) is 12.2 Å². The minimum atomic E-state index is -3.53. The second-order valence-electron chi connectivity index (χ2n) is 5.39. The van der Waals surface area contributed by atoms with Crippen LogP contribution in [-0.2, 0) is 10.0 Å². The fourth-order valence-electron chi connectivity index (χ4n) is 2.02. The summed E-state index contributed by atoms with van der Waals surface area (Å²) in [5.41, 5.74) is 6.07. The predicted octanol–water partition coefficient (Wildman–Crippen LogP) is 2.73. The van der Waals surface area contributed by atoms with Crippen molar-refractivity contribution in [3.8, 4) is 0 Å². The molecule has 0 saturated heterocycles. The number of benzene rings is 1. The average Bonchev–Trinajstić information content (AvgIpc) is 3.08. The Morgan fingerprint density at radius 2 is 2.05 bits per heavy atom. The van der Waals surface area contributed by atoms with Gasteiger partial charge in [0.25, 0.3) is 0 Å². The third-order valence-electron chi connectivity index (χ3n) is 3.04. The molecule has 1 aromatic carbocycles. The molecule has 0 atom stereocenters. The van der Waals surface area contributed by atoms with E-state index in [1.54, 1.807) is 10.4 Å². The van der Waals surface area contributed by atoms with Gasteiger partial charge in [-0.05, 0) is 37.0 Å². The van der Waals surface area contributed by atoms with Crippen LogP contribution in [0.2, 0.25) is 5.02 Å². The lowest BCUT2D eigenvalue weighted by atomic mass is 10.2. The molecule has 0 aromatic heterocycles. The number of nitrogens with zero attached hydrogens (tertiary/aromatic N) is 1. The third-order valence-corrected chi connectivity index (χ3v) is 5.44. The summed E-state index contributed by atoms with van der Waals surface area (Å²) in [6.45, 7) is 4.54. The lowest BCUT2D eigenvalue weighted by molar-refractivity contribution is 0.360. The molecule has 0 bridgehead atoms. The number of rotatable bonds is 5. The fourth-order valence-corrected chi connectivity index (χ4v) is 4.40. The minimum Gasteiger partial charge on any atom is -0.399 e. The van der Waals surface area contributed by atoms with Crippen molar-refractivity contribution in [2.75, 3.05) is 12.3 Å². The molecule has 2 rings (SSSR count). The van der Waals surface area contributed by atoms with Crippen LogP contribution in [0.4, 0.5) is 5.69 Å². The first kappa shape index (κ1) is 14.6. The van der Waals surface area contributed by atoms with Gasteiger partial charge in [-0.3, -0.25) is 0 Å². The topological polar surface area (TPSA) is 63.4 Å². The van der Waals surface area contributed by atoms with Crippen molar-refractivity contribution in [1.29, 1.82) is 0 Å². The van der Waals surface area contributed by atoms with Crippen LogP contribution in [0.1, 0.15) is 26.7 Å². The number of nitrogens with two attached hydrogens (primary N) is 1. The quantitative estimate of drug-likeness (QED) is 0.851. The van der Waals surface area contributed by atoms with Gasteiger partial charge >= 0.3 is 0 Å². The largest absolute Gasteiger partial charge is 0.399 e. The number of hydrogen-bond acceptors (Lipinski definition) is 3. The van der Waals surface area contributed by atoms with Gasteiger partial charge in [0.2, 0.25) is 10.0 Å². The molecule has 0 radical (unpaired) electrons. The molecule has 1 saturated carbocycles. The first-order chi connectivity index (χ1) is 8.82. The fraction of sp³-hybridized carbons (Fsp3) is 0.538. The van der Waals surface area contributed by atoms with E-state index in [9.17, 15) is 8.42 Å². The average molecular weight is 303 g/mol. The van der Waals surface area contributed by atoms with Crippen LogP contribution >= 0.6 is 11.6 Å². The van der Waals surface area contributed by atoms with Crippen LogP contribution in [0, 0.1) is 5.92 Å². The number of sulfonamides is 1. The zero-order chi connectivity index (χ0) is 14.2. The maximum absolute atomic E-state index is 12.7. The summed E-state index contributed by atoms with van der Waals surface area (Å²) in [4.78, 5) is 0.149. The number of anilines is 1. The van der Waals surface area contributed by atoms with Crippen molar-refractivity contribution in [2.45, 2.75) is 37.6 Å². The van der Waals surface area contributed by atoms with Gasteiger partial charge in [-0.2, -0.15) is 4.31 Å². The molecule has 0 aliphatic heterocycles. The summed E-state index contributed by atoms with van der Waals surface area (Å²) in [5.74, 6) is 0.280. The molecular weight excluding hydrogens is 284 g/mol. The maximum Gasteiger partial charge on any atom is 0.244 e. The molecule has 6 heteroatoms. The second-order valence-corrected chi connectivity index (χ2v) is 7.66. The summed E-state index contributed by atoms with van der Waals surface area (Å²) in [6.07, 6.45) is 1.86. The first-order valence-electron chi connectivity index (χ1n) is 6.39. The number of nitrogen functional groups attached to an aromatic ring is 1. The Balaban J connectivity index is 2.38. The molecule has 0 unspecified atom stereocenters. The van der Waals surface area contributed by atoms with Crippen molar-refractivity contribution in [3.63, 3.8) is 0 Å². The van der Waals surface area contributed by atoms with Crippen LogP contribution in [-0.4, -0.2) is 25.3 Å². The van der Waals surface area contributed by atoms with Gasteiger partial charge in [0, 0.05) is 18.3 Å². The zero-order valence-electron chi connectivity index (χ0n) is 11.1. The van der Waals surface area contributed by atoms with Gasteiger partial charge in [-0.25, -0.2) is 8.42 Å². The van der Waals surface area contributed by atoms with E-state index >= 15 is 0 Å². The van der Waals surface area contributed by atoms with Crippen molar-refractivity contribution in [3.05, 3.63) is 23.2 Å². The zero-order valence-corrected chi connectivity index (χ0v) is 12.7. The lowest BCUT2D eigenvalue weighted by Gasteiger charge is -2.24. The van der Waals surface area contributed by atoms with E-state index < -0.39 is 10.0 Å². The van der Waals surface area contributed by atoms with E-state index in [-0.39, 0.29) is 21.9 Å². The van der Waals surface area contributed by atoms with Gasteiger partial charge in [0.05, 0.1) is 5.02 Å². The first-order valence-corrected chi connectivity index (χ1v) is 8.21. The Labute approximate surface area is 119 Å². The second kappa shape index (κ2) is 5.31. The smallest absolute Gasteiger partial charge is 0.244 e. The molecule has 4 nitrogen and oxygen atoms in total. The maximum atomic E-state index is 12.7. The van der Waals surface area contributed by atoms with Crippen LogP contribution in [0.5, 0.6) is 0 Å². The lowest BCUT2D eigenvalue weighted by Crippen LogP contribution is -2.36. The van der Waals surface area contributed by atoms with Crippen molar-refractivity contribution < 1.29 is 8.42 Å². The van der Waals surface area contributed by atoms with E-state index in [1.807, 2.05) is 13.8 Å². The molecule has 1 fully saturated rings. The van der Waals surface area contributed by atoms with Crippen molar-refractivity contribution >= 4 is 27.3 Å². The molecule has 0 spiro atoms.